The van der Waals surface area contributed by atoms with Crippen LogP contribution in [0.15, 0.2) is 30.3 Å². The van der Waals surface area contributed by atoms with Crippen molar-refractivity contribution in [3.05, 3.63) is 30.3 Å². The van der Waals surface area contributed by atoms with E-state index in [1.54, 1.807) is 0 Å². The minimum Gasteiger partial charge on any atom is -0.490 e. The molecule has 1 aromatic rings. The maximum Gasteiger partial charge on any atom is 0.251 e. The predicted octanol–water partition coefficient (Wildman–Crippen LogP) is 1.56. The molecule has 0 spiro atoms. The van der Waals surface area contributed by atoms with Crippen molar-refractivity contribution >= 4 is 5.91 Å². The molecule has 2 aliphatic heterocycles. The van der Waals surface area contributed by atoms with Crippen LogP contribution in [0.3, 0.4) is 0 Å². The SMILES string of the molecule is NC[C@H]1CC[C@@H](C(=O)N2CCC(Oc3ccccc3)CC2)O1. The van der Waals surface area contributed by atoms with Crippen LogP contribution in [0.1, 0.15) is 25.7 Å². The quantitative estimate of drug-likeness (QED) is 0.917. The Kier molecular flexibility index (Phi) is 4.95. The molecule has 1 aromatic carbocycles. The largest absolute Gasteiger partial charge is 0.490 e. The molecular formula is C17H24N2O3. The molecule has 0 aliphatic carbocycles. The average Bonchev–Trinajstić information content (AvgIpc) is 3.05. The fourth-order valence-electron chi connectivity index (χ4n) is 3.15. The average molecular weight is 304 g/mol. The molecule has 3 rings (SSSR count). The van der Waals surface area contributed by atoms with E-state index in [9.17, 15) is 4.79 Å². The summed E-state index contributed by atoms with van der Waals surface area (Å²) >= 11 is 0. The van der Waals surface area contributed by atoms with Gasteiger partial charge in [-0.25, -0.2) is 0 Å². The van der Waals surface area contributed by atoms with Crippen LogP contribution >= 0.6 is 0 Å². The van der Waals surface area contributed by atoms with Gasteiger partial charge in [0, 0.05) is 32.5 Å². The van der Waals surface area contributed by atoms with Crippen LogP contribution < -0.4 is 10.5 Å². The van der Waals surface area contributed by atoms with E-state index in [2.05, 4.69) is 0 Å². The van der Waals surface area contributed by atoms with Crippen molar-refractivity contribution < 1.29 is 14.3 Å². The fraction of sp³-hybridized carbons (Fsp3) is 0.588. The maximum atomic E-state index is 12.4. The van der Waals surface area contributed by atoms with Crippen LogP contribution in [0.25, 0.3) is 0 Å². The molecule has 1 amide bonds. The predicted molar refractivity (Wildman–Crippen MR) is 83.6 cm³/mol. The molecule has 22 heavy (non-hydrogen) atoms. The summed E-state index contributed by atoms with van der Waals surface area (Å²) in [4.78, 5) is 14.4. The zero-order valence-electron chi connectivity index (χ0n) is 12.8. The monoisotopic (exact) mass is 304 g/mol. The number of amides is 1. The topological polar surface area (TPSA) is 64.8 Å². The molecule has 0 saturated carbocycles. The van der Waals surface area contributed by atoms with Crippen molar-refractivity contribution in [2.24, 2.45) is 5.73 Å². The highest BCUT2D eigenvalue weighted by Gasteiger charge is 2.34. The second-order valence-electron chi connectivity index (χ2n) is 6.02. The first-order chi connectivity index (χ1) is 10.8. The normalized spacial score (nSPS) is 26.1. The molecule has 2 aliphatic rings. The van der Waals surface area contributed by atoms with E-state index in [1.165, 1.54) is 0 Å². The minimum atomic E-state index is -0.292. The third kappa shape index (κ3) is 3.59. The second-order valence-corrected chi connectivity index (χ2v) is 6.02. The third-order valence-corrected chi connectivity index (χ3v) is 4.45. The number of rotatable bonds is 4. The number of nitrogens with zero attached hydrogens (tertiary/aromatic N) is 1. The van der Waals surface area contributed by atoms with Crippen LogP contribution in [0, 0.1) is 0 Å². The van der Waals surface area contributed by atoms with Crippen molar-refractivity contribution in [3.8, 4) is 5.75 Å². The van der Waals surface area contributed by atoms with E-state index in [0.717, 1.165) is 44.5 Å². The van der Waals surface area contributed by atoms with Crippen LogP contribution in [-0.4, -0.2) is 48.8 Å². The lowest BCUT2D eigenvalue weighted by atomic mass is 10.1. The summed E-state index contributed by atoms with van der Waals surface area (Å²) in [5.74, 6) is 1.02. The van der Waals surface area contributed by atoms with Crippen LogP contribution in [-0.2, 0) is 9.53 Å². The number of nitrogens with two attached hydrogens (primary N) is 1. The smallest absolute Gasteiger partial charge is 0.251 e. The van der Waals surface area contributed by atoms with Gasteiger partial charge < -0.3 is 20.1 Å². The molecule has 0 unspecified atom stereocenters. The van der Waals surface area contributed by atoms with Gasteiger partial charge in [-0.2, -0.15) is 0 Å². The Morgan fingerprint density at radius 3 is 2.55 bits per heavy atom. The zero-order chi connectivity index (χ0) is 15.4. The molecule has 0 radical (unpaired) electrons. The lowest BCUT2D eigenvalue weighted by molar-refractivity contribution is -0.144. The van der Waals surface area contributed by atoms with Gasteiger partial charge in [0.2, 0.25) is 0 Å². The van der Waals surface area contributed by atoms with E-state index in [0.29, 0.717) is 6.54 Å². The first-order valence-corrected chi connectivity index (χ1v) is 8.12. The number of carbonyl (C=O) groups is 1. The number of para-hydroxylation sites is 1. The van der Waals surface area contributed by atoms with Gasteiger partial charge in [0.25, 0.3) is 5.91 Å². The van der Waals surface area contributed by atoms with E-state index in [4.69, 9.17) is 15.2 Å². The first-order valence-electron chi connectivity index (χ1n) is 8.12. The zero-order valence-corrected chi connectivity index (χ0v) is 12.8. The fourth-order valence-corrected chi connectivity index (χ4v) is 3.15. The third-order valence-electron chi connectivity index (χ3n) is 4.45. The summed E-state index contributed by atoms with van der Waals surface area (Å²) in [7, 11) is 0. The molecule has 2 saturated heterocycles. The first kappa shape index (κ1) is 15.3. The number of likely N-dealkylation sites (tertiary alicyclic amines) is 1. The molecule has 0 bridgehead atoms. The Labute approximate surface area is 131 Å². The highest BCUT2D eigenvalue weighted by Crippen LogP contribution is 2.24. The van der Waals surface area contributed by atoms with Gasteiger partial charge >= 0.3 is 0 Å². The summed E-state index contributed by atoms with van der Waals surface area (Å²) in [6, 6.07) is 9.86. The molecule has 2 atom stereocenters. The van der Waals surface area contributed by atoms with Crippen LogP contribution in [0.5, 0.6) is 5.75 Å². The Hall–Kier alpha value is -1.59. The molecule has 5 heteroatoms. The maximum absolute atomic E-state index is 12.4. The van der Waals surface area contributed by atoms with Crippen molar-refractivity contribution in [1.29, 1.82) is 0 Å². The van der Waals surface area contributed by atoms with Crippen molar-refractivity contribution in [1.82, 2.24) is 4.90 Å². The Morgan fingerprint density at radius 2 is 1.91 bits per heavy atom. The second kappa shape index (κ2) is 7.11. The van der Waals surface area contributed by atoms with E-state index in [-0.39, 0.29) is 24.2 Å². The highest BCUT2D eigenvalue weighted by molar-refractivity contribution is 5.81. The summed E-state index contributed by atoms with van der Waals surface area (Å²) in [6.45, 7) is 1.98. The number of hydrogen-bond donors (Lipinski definition) is 1. The van der Waals surface area contributed by atoms with Crippen molar-refractivity contribution in [3.63, 3.8) is 0 Å². The number of ether oxygens (including phenoxy) is 2. The van der Waals surface area contributed by atoms with Gasteiger partial charge in [-0.15, -0.1) is 0 Å². The molecule has 0 aromatic heterocycles. The molecule has 120 valence electrons. The summed E-state index contributed by atoms with van der Waals surface area (Å²) in [5, 5.41) is 0. The number of hydrogen-bond acceptors (Lipinski definition) is 4. The van der Waals surface area contributed by atoms with E-state index >= 15 is 0 Å². The molecule has 2 fully saturated rings. The van der Waals surface area contributed by atoms with Gasteiger partial charge in [0.1, 0.15) is 18.0 Å². The Balaban J connectivity index is 1.46. The standard InChI is InChI=1S/C17H24N2O3/c18-12-15-6-7-16(22-15)17(20)19-10-8-14(9-11-19)21-13-4-2-1-3-5-13/h1-5,14-16H,6-12,18H2/t15-,16+/m1/s1. The number of benzene rings is 1. The minimum absolute atomic E-state index is 0.0490. The Morgan fingerprint density at radius 1 is 1.18 bits per heavy atom. The van der Waals surface area contributed by atoms with Crippen molar-refractivity contribution in [2.75, 3.05) is 19.6 Å². The van der Waals surface area contributed by atoms with Gasteiger partial charge in [-0.05, 0) is 25.0 Å². The molecule has 2 heterocycles. The Bertz CT molecular complexity index is 486. The van der Waals surface area contributed by atoms with Crippen LogP contribution in [0.4, 0.5) is 0 Å². The molecular weight excluding hydrogens is 280 g/mol. The lowest BCUT2D eigenvalue weighted by Gasteiger charge is -2.33. The summed E-state index contributed by atoms with van der Waals surface area (Å²) < 4.78 is 11.7. The summed E-state index contributed by atoms with van der Waals surface area (Å²) in [6.07, 6.45) is 3.36. The molecule has 5 nitrogen and oxygen atoms in total. The van der Waals surface area contributed by atoms with Gasteiger partial charge in [0.15, 0.2) is 0 Å². The van der Waals surface area contributed by atoms with E-state index < -0.39 is 0 Å². The highest BCUT2D eigenvalue weighted by atomic mass is 16.5. The number of piperidine rings is 1. The molecule has 2 N–H and O–H groups in total. The van der Waals surface area contributed by atoms with Gasteiger partial charge in [-0.1, -0.05) is 18.2 Å². The van der Waals surface area contributed by atoms with Crippen molar-refractivity contribution in [2.45, 2.75) is 44.0 Å². The van der Waals surface area contributed by atoms with Gasteiger partial charge in [0.05, 0.1) is 6.10 Å². The van der Waals surface area contributed by atoms with Gasteiger partial charge in [-0.3, -0.25) is 4.79 Å². The lowest BCUT2D eigenvalue weighted by Crippen LogP contribution is -2.46. The number of carbonyl (C=O) groups excluding carboxylic acids is 1. The van der Waals surface area contributed by atoms with Crippen LogP contribution in [0.2, 0.25) is 0 Å². The summed E-state index contributed by atoms with van der Waals surface area (Å²) in [5.41, 5.74) is 5.60. The van der Waals surface area contributed by atoms with E-state index in [1.807, 2.05) is 35.2 Å².